The Morgan fingerprint density at radius 3 is 2.35 bits per heavy atom. The van der Waals surface area contributed by atoms with Crippen LogP contribution in [0.25, 0.3) is 0 Å². The van der Waals surface area contributed by atoms with Gasteiger partial charge < -0.3 is 10.1 Å². The molecule has 0 aliphatic carbocycles. The van der Waals surface area contributed by atoms with E-state index in [1.54, 1.807) is 4.90 Å². The highest BCUT2D eigenvalue weighted by Gasteiger charge is 2.33. The van der Waals surface area contributed by atoms with Crippen molar-refractivity contribution < 1.29 is 26.7 Å². The molecule has 0 amide bonds. The van der Waals surface area contributed by atoms with Crippen molar-refractivity contribution in [2.75, 3.05) is 33.3 Å². The standard InChI is InChI=1S/C15H19F5N2O/c1-23-12-7-10(6-11(8-12)15(18,19)20)13(9-14(16)17)22-4-2-21-3-5-22/h6-8,13-14,21H,2-5,9H2,1H3/t13-/m0/s1. The Balaban J connectivity index is 2.39. The first-order chi connectivity index (χ1) is 10.8. The Labute approximate surface area is 131 Å². The number of ether oxygens (including phenoxy) is 1. The molecule has 1 heterocycles. The molecule has 1 aromatic carbocycles. The molecule has 1 aliphatic rings. The highest BCUT2D eigenvalue weighted by Crippen LogP contribution is 2.37. The fourth-order valence-corrected chi connectivity index (χ4v) is 2.75. The van der Waals surface area contributed by atoms with Crippen molar-refractivity contribution in [3.8, 4) is 5.75 Å². The monoisotopic (exact) mass is 338 g/mol. The maximum absolute atomic E-state index is 13.0. The second-order valence-electron chi connectivity index (χ2n) is 5.42. The van der Waals surface area contributed by atoms with Crippen molar-refractivity contribution in [2.24, 2.45) is 0 Å². The SMILES string of the molecule is COc1cc([C@H](CC(F)F)N2CCNCC2)cc(C(F)(F)F)c1. The van der Waals surface area contributed by atoms with E-state index in [0.717, 1.165) is 12.1 Å². The Bertz CT molecular complexity index is 515. The first kappa shape index (κ1) is 17.9. The molecule has 0 bridgehead atoms. The third-order valence-electron chi connectivity index (χ3n) is 3.87. The summed E-state index contributed by atoms with van der Waals surface area (Å²) in [6.45, 7) is 2.26. The van der Waals surface area contributed by atoms with Gasteiger partial charge in [-0.25, -0.2) is 8.78 Å². The Morgan fingerprint density at radius 2 is 1.83 bits per heavy atom. The van der Waals surface area contributed by atoms with E-state index in [0.29, 0.717) is 26.2 Å². The van der Waals surface area contributed by atoms with Gasteiger partial charge in [0.2, 0.25) is 6.43 Å². The number of hydrogen-bond acceptors (Lipinski definition) is 3. The summed E-state index contributed by atoms with van der Waals surface area (Å²) in [6, 6.07) is 2.45. The molecule has 130 valence electrons. The molecular formula is C15H19F5N2O. The number of hydrogen-bond donors (Lipinski definition) is 1. The summed E-state index contributed by atoms with van der Waals surface area (Å²) in [5, 5.41) is 3.10. The maximum Gasteiger partial charge on any atom is 0.416 e. The van der Waals surface area contributed by atoms with Gasteiger partial charge in [0, 0.05) is 38.6 Å². The number of halogens is 5. The normalized spacial score (nSPS) is 18.2. The summed E-state index contributed by atoms with van der Waals surface area (Å²) in [7, 11) is 1.26. The predicted octanol–water partition coefficient (Wildman–Crippen LogP) is 3.32. The number of rotatable bonds is 5. The molecule has 3 nitrogen and oxygen atoms in total. The lowest BCUT2D eigenvalue weighted by molar-refractivity contribution is -0.137. The molecule has 1 aliphatic heterocycles. The first-order valence-electron chi connectivity index (χ1n) is 7.30. The summed E-state index contributed by atoms with van der Waals surface area (Å²) < 4.78 is 69.9. The molecule has 0 spiro atoms. The fraction of sp³-hybridized carbons (Fsp3) is 0.600. The molecule has 2 rings (SSSR count). The number of piperazine rings is 1. The van der Waals surface area contributed by atoms with Crippen LogP contribution >= 0.6 is 0 Å². The summed E-state index contributed by atoms with van der Waals surface area (Å²) in [5.74, 6) is 0.0178. The number of alkyl halides is 5. The Kier molecular flexibility index (Phi) is 5.80. The Morgan fingerprint density at radius 1 is 1.17 bits per heavy atom. The molecule has 1 saturated heterocycles. The molecule has 23 heavy (non-hydrogen) atoms. The second-order valence-corrected chi connectivity index (χ2v) is 5.42. The van der Waals surface area contributed by atoms with Gasteiger partial charge in [0.15, 0.2) is 0 Å². The van der Waals surface area contributed by atoms with Crippen molar-refractivity contribution in [1.82, 2.24) is 10.2 Å². The lowest BCUT2D eigenvalue weighted by Crippen LogP contribution is -2.45. The highest BCUT2D eigenvalue weighted by molar-refractivity contribution is 5.37. The van der Waals surface area contributed by atoms with Crippen LogP contribution in [0.5, 0.6) is 5.75 Å². The maximum atomic E-state index is 13.0. The first-order valence-corrected chi connectivity index (χ1v) is 7.30. The van der Waals surface area contributed by atoms with E-state index in [2.05, 4.69) is 5.32 Å². The third-order valence-corrected chi connectivity index (χ3v) is 3.87. The quantitative estimate of drug-likeness (QED) is 0.834. The van der Waals surface area contributed by atoms with Crippen LogP contribution in [0.15, 0.2) is 18.2 Å². The predicted molar refractivity (Wildman–Crippen MR) is 75.8 cm³/mol. The summed E-state index contributed by atoms with van der Waals surface area (Å²) >= 11 is 0. The van der Waals surface area contributed by atoms with Gasteiger partial charge in [0.1, 0.15) is 5.75 Å². The molecule has 1 aromatic rings. The Hall–Kier alpha value is -1.41. The third kappa shape index (κ3) is 4.78. The second kappa shape index (κ2) is 7.44. The van der Waals surface area contributed by atoms with Crippen molar-refractivity contribution >= 4 is 0 Å². The van der Waals surface area contributed by atoms with E-state index in [1.165, 1.54) is 13.2 Å². The number of benzene rings is 1. The van der Waals surface area contributed by atoms with Crippen LogP contribution in [0, 0.1) is 0 Å². The van der Waals surface area contributed by atoms with Gasteiger partial charge in [-0.05, 0) is 23.8 Å². The molecule has 0 aromatic heterocycles. The molecule has 8 heteroatoms. The van der Waals surface area contributed by atoms with E-state index < -0.39 is 30.6 Å². The average molecular weight is 338 g/mol. The zero-order valence-corrected chi connectivity index (χ0v) is 12.7. The van der Waals surface area contributed by atoms with Crippen LogP contribution in [0.2, 0.25) is 0 Å². The van der Waals surface area contributed by atoms with Crippen molar-refractivity contribution in [3.05, 3.63) is 29.3 Å². The van der Waals surface area contributed by atoms with Crippen LogP contribution in [-0.2, 0) is 6.18 Å². The minimum atomic E-state index is -4.55. The lowest BCUT2D eigenvalue weighted by Gasteiger charge is -2.35. The van der Waals surface area contributed by atoms with Gasteiger partial charge in [0.25, 0.3) is 0 Å². The smallest absolute Gasteiger partial charge is 0.416 e. The topological polar surface area (TPSA) is 24.5 Å². The van der Waals surface area contributed by atoms with Gasteiger partial charge in [-0.2, -0.15) is 13.2 Å². The van der Waals surface area contributed by atoms with Gasteiger partial charge >= 0.3 is 6.18 Å². The largest absolute Gasteiger partial charge is 0.497 e. The van der Waals surface area contributed by atoms with Crippen molar-refractivity contribution in [2.45, 2.75) is 25.1 Å². The van der Waals surface area contributed by atoms with E-state index >= 15 is 0 Å². The van der Waals surface area contributed by atoms with E-state index in [4.69, 9.17) is 4.74 Å². The van der Waals surface area contributed by atoms with Crippen LogP contribution in [0.3, 0.4) is 0 Å². The fourth-order valence-electron chi connectivity index (χ4n) is 2.75. The highest BCUT2D eigenvalue weighted by atomic mass is 19.4. The summed E-state index contributed by atoms with van der Waals surface area (Å²) in [5.41, 5.74) is -0.680. The van der Waals surface area contributed by atoms with E-state index in [-0.39, 0.29) is 11.3 Å². The van der Waals surface area contributed by atoms with Gasteiger partial charge in [-0.3, -0.25) is 4.90 Å². The molecule has 0 radical (unpaired) electrons. The van der Waals surface area contributed by atoms with Gasteiger partial charge in [-0.1, -0.05) is 0 Å². The molecule has 1 fully saturated rings. The lowest BCUT2D eigenvalue weighted by atomic mass is 9.98. The summed E-state index contributed by atoms with van der Waals surface area (Å²) in [4.78, 5) is 1.79. The minimum absolute atomic E-state index is 0.0178. The van der Waals surface area contributed by atoms with Crippen LogP contribution in [0.1, 0.15) is 23.6 Å². The molecule has 0 saturated carbocycles. The molecule has 1 atom stereocenters. The van der Waals surface area contributed by atoms with E-state index in [9.17, 15) is 22.0 Å². The molecule has 1 N–H and O–H groups in total. The van der Waals surface area contributed by atoms with Crippen LogP contribution in [0.4, 0.5) is 22.0 Å². The van der Waals surface area contributed by atoms with Gasteiger partial charge in [0.05, 0.1) is 12.7 Å². The zero-order chi connectivity index (χ0) is 17.0. The average Bonchev–Trinajstić information content (AvgIpc) is 2.52. The van der Waals surface area contributed by atoms with Crippen LogP contribution in [-0.4, -0.2) is 44.6 Å². The van der Waals surface area contributed by atoms with E-state index in [1.807, 2.05) is 0 Å². The van der Waals surface area contributed by atoms with Crippen LogP contribution < -0.4 is 10.1 Å². The number of methoxy groups -OCH3 is 1. The number of nitrogens with one attached hydrogen (secondary N) is 1. The molecular weight excluding hydrogens is 319 g/mol. The number of nitrogens with zero attached hydrogens (tertiary/aromatic N) is 1. The van der Waals surface area contributed by atoms with Gasteiger partial charge in [-0.15, -0.1) is 0 Å². The zero-order valence-electron chi connectivity index (χ0n) is 12.7. The minimum Gasteiger partial charge on any atom is -0.497 e. The molecule has 0 unspecified atom stereocenters. The van der Waals surface area contributed by atoms with Crippen molar-refractivity contribution in [1.29, 1.82) is 0 Å². The summed E-state index contributed by atoms with van der Waals surface area (Å²) in [6.07, 6.45) is -7.66. The van der Waals surface area contributed by atoms with Crippen molar-refractivity contribution in [3.63, 3.8) is 0 Å².